The van der Waals surface area contributed by atoms with Gasteiger partial charge in [0.15, 0.2) is 0 Å². The monoisotopic (exact) mass is 370 g/mol. The molecule has 0 radical (unpaired) electrons. The average Bonchev–Trinajstić information content (AvgIpc) is 2.68. The molecule has 0 aliphatic heterocycles. The zero-order chi connectivity index (χ0) is 19.3. The molecule has 27 heavy (non-hydrogen) atoms. The van der Waals surface area contributed by atoms with Gasteiger partial charge in [-0.3, -0.25) is 4.79 Å². The van der Waals surface area contributed by atoms with Crippen molar-refractivity contribution in [2.75, 3.05) is 6.61 Å². The van der Waals surface area contributed by atoms with E-state index in [4.69, 9.17) is 9.84 Å². The molecule has 2 aromatic rings. The molecule has 1 N–H and O–H groups in total. The Morgan fingerprint density at radius 1 is 0.889 bits per heavy atom. The molecule has 0 aromatic heterocycles. The van der Waals surface area contributed by atoms with Gasteiger partial charge in [0.2, 0.25) is 0 Å². The molecular formula is C24H34O3. The van der Waals surface area contributed by atoms with Gasteiger partial charge in [-0.2, -0.15) is 0 Å². The molecule has 0 unspecified atom stereocenters. The Morgan fingerprint density at radius 2 is 1.56 bits per heavy atom. The molecular weight excluding hydrogens is 336 g/mol. The maximum atomic E-state index is 11.0. The van der Waals surface area contributed by atoms with Crippen LogP contribution in [0.1, 0.15) is 76.7 Å². The number of aryl methyl sites for hydroxylation is 1. The fraction of sp³-hybridized carbons (Fsp3) is 0.542. The van der Waals surface area contributed by atoms with E-state index in [9.17, 15) is 4.79 Å². The van der Waals surface area contributed by atoms with Crippen LogP contribution in [-0.2, 0) is 11.2 Å². The first-order chi connectivity index (χ1) is 13.2. The van der Waals surface area contributed by atoms with Crippen LogP contribution >= 0.6 is 0 Å². The smallest absolute Gasteiger partial charge is 0.303 e. The summed E-state index contributed by atoms with van der Waals surface area (Å²) in [6.07, 6.45) is 12.3. The largest absolute Gasteiger partial charge is 0.493 e. The molecule has 0 spiro atoms. The summed E-state index contributed by atoms with van der Waals surface area (Å²) in [6, 6.07) is 12.2. The minimum Gasteiger partial charge on any atom is -0.493 e. The highest BCUT2D eigenvalue weighted by atomic mass is 16.5. The summed E-state index contributed by atoms with van der Waals surface area (Å²) in [5, 5.41) is 11.3. The Morgan fingerprint density at radius 3 is 2.26 bits per heavy atom. The average molecular weight is 371 g/mol. The Hall–Kier alpha value is -2.03. The van der Waals surface area contributed by atoms with Gasteiger partial charge < -0.3 is 9.84 Å². The number of rotatable bonds is 14. The normalized spacial score (nSPS) is 11.0. The quantitative estimate of drug-likeness (QED) is 0.373. The maximum Gasteiger partial charge on any atom is 0.303 e. The first-order valence-corrected chi connectivity index (χ1v) is 10.6. The second-order valence-corrected chi connectivity index (χ2v) is 7.33. The number of hydrogen-bond donors (Lipinski definition) is 1. The molecule has 0 saturated heterocycles. The van der Waals surface area contributed by atoms with Crippen molar-refractivity contribution in [1.82, 2.24) is 0 Å². The molecule has 0 bridgehead atoms. The summed E-state index contributed by atoms with van der Waals surface area (Å²) in [5.41, 5.74) is 1.02. The zero-order valence-corrected chi connectivity index (χ0v) is 16.7. The van der Waals surface area contributed by atoms with Crippen molar-refractivity contribution in [3.8, 4) is 5.75 Å². The summed E-state index contributed by atoms with van der Waals surface area (Å²) < 4.78 is 6.04. The molecule has 3 heteroatoms. The lowest BCUT2D eigenvalue weighted by atomic mass is 9.99. The third kappa shape index (κ3) is 7.62. The van der Waals surface area contributed by atoms with Crippen molar-refractivity contribution in [3.63, 3.8) is 0 Å². The van der Waals surface area contributed by atoms with Crippen LogP contribution in [0, 0.1) is 0 Å². The third-order valence-electron chi connectivity index (χ3n) is 5.09. The zero-order valence-electron chi connectivity index (χ0n) is 16.7. The Bertz CT molecular complexity index is 693. The highest BCUT2D eigenvalue weighted by Crippen LogP contribution is 2.29. The van der Waals surface area contributed by atoms with Crippen LogP contribution in [0.15, 0.2) is 36.4 Å². The number of fused-ring (bicyclic) bond motifs is 1. The van der Waals surface area contributed by atoms with Gasteiger partial charge in [0.25, 0.3) is 0 Å². The van der Waals surface area contributed by atoms with Crippen molar-refractivity contribution in [3.05, 3.63) is 42.0 Å². The number of aliphatic carboxylic acids is 1. The van der Waals surface area contributed by atoms with E-state index in [-0.39, 0.29) is 6.42 Å². The van der Waals surface area contributed by atoms with E-state index < -0.39 is 5.97 Å². The lowest BCUT2D eigenvalue weighted by molar-refractivity contribution is -0.136. The summed E-state index contributed by atoms with van der Waals surface area (Å²) >= 11 is 0. The molecule has 2 aromatic carbocycles. The van der Waals surface area contributed by atoms with Gasteiger partial charge >= 0.3 is 5.97 Å². The van der Waals surface area contributed by atoms with Gasteiger partial charge in [0, 0.05) is 12.0 Å². The van der Waals surface area contributed by atoms with Gasteiger partial charge in [-0.25, -0.2) is 0 Å². The number of carboxylic acids is 1. The number of carbonyl (C=O) groups is 1. The molecule has 0 amide bonds. The van der Waals surface area contributed by atoms with Crippen LogP contribution in [0.3, 0.4) is 0 Å². The second kappa shape index (κ2) is 12.4. The van der Waals surface area contributed by atoms with Crippen molar-refractivity contribution in [2.24, 2.45) is 0 Å². The summed E-state index contributed by atoms with van der Waals surface area (Å²) in [4.78, 5) is 11.0. The van der Waals surface area contributed by atoms with E-state index in [0.29, 0.717) is 13.0 Å². The summed E-state index contributed by atoms with van der Waals surface area (Å²) in [5.74, 6) is 0.0716. The molecule has 0 saturated carbocycles. The van der Waals surface area contributed by atoms with Crippen LogP contribution in [0.25, 0.3) is 10.8 Å². The van der Waals surface area contributed by atoms with E-state index in [1.54, 1.807) is 0 Å². The SMILES string of the molecule is CCCCCCCCCCCOc1ccc2ccccc2c1CCC(=O)O. The predicted molar refractivity (Wildman–Crippen MR) is 113 cm³/mol. The lowest BCUT2D eigenvalue weighted by Crippen LogP contribution is -2.03. The number of ether oxygens (including phenoxy) is 1. The van der Waals surface area contributed by atoms with Crippen LogP contribution in [0.2, 0.25) is 0 Å². The fourth-order valence-corrected chi connectivity index (χ4v) is 3.54. The maximum absolute atomic E-state index is 11.0. The van der Waals surface area contributed by atoms with Crippen molar-refractivity contribution in [1.29, 1.82) is 0 Å². The third-order valence-corrected chi connectivity index (χ3v) is 5.09. The molecule has 2 rings (SSSR count). The van der Waals surface area contributed by atoms with Gasteiger partial charge in [-0.1, -0.05) is 88.6 Å². The Balaban J connectivity index is 1.80. The highest BCUT2D eigenvalue weighted by Gasteiger charge is 2.10. The molecule has 148 valence electrons. The number of hydrogen-bond acceptors (Lipinski definition) is 2. The summed E-state index contributed by atoms with van der Waals surface area (Å²) in [7, 11) is 0. The standard InChI is InChI=1S/C24H34O3/c1-2-3-4-5-6-7-8-9-12-19-27-23-17-15-20-13-10-11-14-21(20)22(23)16-18-24(25)26/h10-11,13-15,17H,2-9,12,16,18-19H2,1H3,(H,25,26). The van der Waals surface area contributed by atoms with E-state index >= 15 is 0 Å². The van der Waals surface area contributed by atoms with Gasteiger partial charge in [0.05, 0.1) is 6.61 Å². The molecule has 0 fully saturated rings. The summed E-state index contributed by atoms with van der Waals surface area (Å²) in [6.45, 7) is 2.96. The second-order valence-electron chi connectivity index (χ2n) is 7.33. The first kappa shape index (κ1) is 21.3. The van der Waals surface area contributed by atoms with E-state index in [1.165, 1.54) is 51.4 Å². The number of carboxylic acid groups (broad SMARTS) is 1. The van der Waals surface area contributed by atoms with Crippen molar-refractivity contribution >= 4 is 16.7 Å². The Kier molecular flexibility index (Phi) is 9.75. The van der Waals surface area contributed by atoms with Crippen molar-refractivity contribution in [2.45, 2.75) is 77.6 Å². The minimum atomic E-state index is -0.771. The molecule has 0 atom stereocenters. The van der Waals surface area contributed by atoms with Gasteiger partial charge in [-0.15, -0.1) is 0 Å². The molecule has 0 aliphatic rings. The van der Waals surface area contributed by atoms with Crippen molar-refractivity contribution < 1.29 is 14.6 Å². The fourth-order valence-electron chi connectivity index (χ4n) is 3.54. The van der Waals surface area contributed by atoms with Gasteiger partial charge in [0.1, 0.15) is 5.75 Å². The van der Waals surface area contributed by atoms with E-state index in [1.807, 2.05) is 18.2 Å². The topological polar surface area (TPSA) is 46.5 Å². The lowest BCUT2D eigenvalue weighted by Gasteiger charge is -2.14. The number of benzene rings is 2. The van der Waals surface area contributed by atoms with Crippen LogP contribution in [-0.4, -0.2) is 17.7 Å². The van der Waals surface area contributed by atoms with Crippen LogP contribution in [0.4, 0.5) is 0 Å². The van der Waals surface area contributed by atoms with Crippen LogP contribution in [0.5, 0.6) is 5.75 Å². The highest BCUT2D eigenvalue weighted by molar-refractivity contribution is 5.88. The number of unbranched alkanes of at least 4 members (excludes halogenated alkanes) is 8. The van der Waals surface area contributed by atoms with Crippen LogP contribution < -0.4 is 4.74 Å². The van der Waals surface area contributed by atoms with E-state index in [2.05, 4.69) is 25.1 Å². The minimum absolute atomic E-state index is 0.127. The molecule has 3 nitrogen and oxygen atoms in total. The van der Waals surface area contributed by atoms with E-state index in [0.717, 1.165) is 28.5 Å². The molecule has 0 aliphatic carbocycles. The Labute approximate surface area is 163 Å². The predicted octanol–water partition coefficient (Wildman–Crippen LogP) is 6.77. The van der Waals surface area contributed by atoms with Gasteiger partial charge in [-0.05, 0) is 29.7 Å². The first-order valence-electron chi connectivity index (χ1n) is 10.6. The molecule has 0 heterocycles.